The standard InChI is InChI=1S/C14H21NO3/c1-9-7-10(2)18-13(9)14(17)15-6-4-5-12(8-15)11(3)16/h7,11-12,16H,4-6,8H2,1-3H3. The number of amides is 1. The molecule has 1 N–H and O–H groups in total. The van der Waals surface area contributed by atoms with Gasteiger partial charge in [-0.1, -0.05) is 0 Å². The fraction of sp³-hybridized carbons (Fsp3) is 0.643. The molecule has 4 heteroatoms. The van der Waals surface area contributed by atoms with Crippen molar-refractivity contribution >= 4 is 5.91 Å². The summed E-state index contributed by atoms with van der Waals surface area (Å²) in [5.74, 6) is 1.34. The average Bonchev–Trinajstić information content (AvgIpc) is 2.67. The maximum Gasteiger partial charge on any atom is 0.289 e. The Kier molecular flexibility index (Phi) is 3.76. The van der Waals surface area contributed by atoms with Crippen LogP contribution in [0, 0.1) is 19.8 Å². The van der Waals surface area contributed by atoms with Gasteiger partial charge in [-0.2, -0.15) is 0 Å². The molecule has 0 bridgehead atoms. The summed E-state index contributed by atoms with van der Waals surface area (Å²) in [6.45, 7) is 6.90. The minimum absolute atomic E-state index is 0.0500. The lowest BCUT2D eigenvalue weighted by Crippen LogP contribution is -2.43. The number of carbonyl (C=O) groups excluding carboxylic acids is 1. The van der Waals surface area contributed by atoms with Crippen LogP contribution in [0.4, 0.5) is 0 Å². The molecule has 0 radical (unpaired) electrons. The normalized spacial score (nSPS) is 22.0. The third kappa shape index (κ3) is 2.58. The molecular weight excluding hydrogens is 230 g/mol. The SMILES string of the molecule is Cc1cc(C)c(C(=O)N2CCCC(C(C)O)C2)o1. The number of rotatable bonds is 2. The van der Waals surface area contributed by atoms with Gasteiger partial charge in [0.1, 0.15) is 5.76 Å². The van der Waals surface area contributed by atoms with Gasteiger partial charge in [0, 0.05) is 24.6 Å². The fourth-order valence-electron chi connectivity index (χ4n) is 2.59. The zero-order valence-corrected chi connectivity index (χ0v) is 11.3. The number of aryl methyl sites for hydroxylation is 2. The third-order valence-electron chi connectivity index (χ3n) is 3.66. The van der Waals surface area contributed by atoms with Crippen molar-refractivity contribution in [3.05, 3.63) is 23.2 Å². The minimum atomic E-state index is -0.361. The predicted molar refractivity (Wildman–Crippen MR) is 68.5 cm³/mol. The number of furan rings is 1. The Hall–Kier alpha value is -1.29. The van der Waals surface area contributed by atoms with Crippen molar-refractivity contribution in [2.45, 2.75) is 39.7 Å². The summed E-state index contributed by atoms with van der Waals surface area (Å²) in [6.07, 6.45) is 1.57. The topological polar surface area (TPSA) is 53.7 Å². The second kappa shape index (κ2) is 5.14. The maximum atomic E-state index is 12.4. The zero-order valence-electron chi connectivity index (χ0n) is 11.3. The summed E-state index contributed by atoms with van der Waals surface area (Å²) in [5.41, 5.74) is 0.886. The molecule has 0 spiro atoms. The van der Waals surface area contributed by atoms with E-state index in [4.69, 9.17) is 4.42 Å². The quantitative estimate of drug-likeness (QED) is 0.876. The third-order valence-corrected chi connectivity index (χ3v) is 3.66. The van der Waals surface area contributed by atoms with Gasteiger partial charge >= 0.3 is 0 Å². The van der Waals surface area contributed by atoms with E-state index >= 15 is 0 Å². The van der Waals surface area contributed by atoms with Crippen LogP contribution in [0.5, 0.6) is 0 Å². The molecule has 4 nitrogen and oxygen atoms in total. The summed E-state index contributed by atoms with van der Waals surface area (Å²) in [6, 6.07) is 1.88. The van der Waals surface area contributed by atoms with E-state index in [2.05, 4.69) is 0 Å². The van der Waals surface area contributed by atoms with Crippen LogP contribution in [0.1, 0.15) is 41.6 Å². The van der Waals surface area contributed by atoms with E-state index in [0.717, 1.165) is 30.7 Å². The molecule has 2 rings (SSSR count). The monoisotopic (exact) mass is 251 g/mol. The second-order valence-corrected chi connectivity index (χ2v) is 5.26. The molecule has 1 aliphatic rings. The summed E-state index contributed by atoms with van der Waals surface area (Å²) in [4.78, 5) is 14.2. The number of hydrogen-bond donors (Lipinski definition) is 1. The van der Waals surface area contributed by atoms with Gasteiger partial charge in [0.15, 0.2) is 5.76 Å². The molecule has 1 amide bonds. The van der Waals surface area contributed by atoms with Crippen LogP contribution >= 0.6 is 0 Å². The number of aliphatic hydroxyl groups excluding tert-OH is 1. The van der Waals surface area contributed by atoms with E-state index in [1.807, 2.05) is 19.9 Å². The highest BCUT2D eigenvalue weighted by Crippen LogP contribution is 2.23. The molecule has 0 aliphatic carbocycles. The van der Waals surface area contributed by atoms with Gasteiger partial charge in [-0.25, -0.2) is 0 Å². The van der Waals surface area contributed by atoms with E-state index in [0.29, 0.717) is 12.3 Å². The van der Waals surface area contributed by atoms with Crippen molar-refractivity contribution in [1.82, 2.24) is 4.90 Å². The van der Waals surface area contributed by atoms with E-state index in [9.17, 15) is 9.90 Å². The number of hydrogen-bond acceptors (Lipinski definition) is 3. The molecule has 18 heavy (non-hydrogen) atoms. The largest absolute Gasteiger partial charge is 0.456 e. The molecule has 1 saturated heterocycles. The van der Waals surface area contributed by atoms with Gasteiger partial charge in [0.05, 0.1) is 6.10 Å². The van der Waals surface area contributed by atoms with Crippen molar-refractivity contribution in [2.75, 3.05) is 13.1 Å². The highest BCUT2D eigenvalue weighted by molar-refractivity contribution is 5.93. The predicted octanol–water partition coefficient (Wildman–Crippen LogP) is 2.13. The number of nitrogens with zero attached hydrogens (tertiary/aromatic N) is 1. The average molecular weight is 251 g/mol. The molecule has 0 aromatic carbocycles. The lowest BCUT2D eigenvalue weighted by atomic mass is 9.93. The molecule has 1 aromatic rings. The molecule has 1 fully saturated rings. The van der Waals surface area contributed by atoms with E-state index in [1.165, 1.54) is 0 Å². The van der Waals surface area contributed by atoms with Crippen LogP contribution in [0.2, 0.25) is 0 Å². The van der Waals surface area contributed by atoms with E-state index in [1.54, 1.807) is 11.8 Å². The molecule has 1 aromatic heterocycles. The summed E-state index contributed by atoms with van der Waals surface area (Å²) in [7, 11) is 0. The van der Waals surface area contributed by atoms with Gasteiger partial charge in [0.2, 0.25) is 0 Å². The van der Waals surface area contributed by atoms with Crippen LogP contribution in [0.3, 0.4) is 0 Å². The Morgan fingerprint density at radius 1 is 1.56 bits per heavy atom. The lowest BCUT2D eigenvalue weighted by Gasteiger charge is -2.33. The summed E-state index contributed by atoms with van der Waals surface area (Å²) >= 11 is 0. The van der Waals surface area contributed by atoms with Crippen LogP contribution < -0.4 is 0 Å². The Labute approximate surface area is 108 Å². The Bertz CT molecular complexity index is 436. The van der Waals surface area contributed by atoms with Gasteiger partial charge in [0.25, 0.3) is 5.91 Å². The highest BCUT2D eigenvalue weighted by atomic mass is 16.4. The first-order valence-corrected chi connectivity index (χ1v) is 6.53. The number of aliphatic hydroxyl groups is 1. The van der Waals surface area contributed by atoms with E-state index in [-0.39, 0.29) is 17.9 Å². The number of piperidine rings is 1. The Morgan fingerprint density at radius 3 is 2.83 bits per heavy atom. The maximum absolute atomic E-state index is 12.4. The van der Waals surface area contributed by atoms with Crippen LogP contribution in [-0.4, -0.2) is 35.1 Å². The number of carbonyl (C=O) groups is 1. The first-order valence-electron chi connectivity index (χ1n) is 6.53. The van der Waals surface area contributed by atoms with Gasteiger partial charge in [-0.05, 0) is 39.7 Å². The molecule has 2 atom stereocenters. The first kappa shape index (κ1) is 13.1. The smallest absolute Gasteiger partial charge is 0.289 e. The molecular formula is C14H21NO3. The van der Waals surface area contributed by atoms with Crippen molar-refractivity contribution in [2.24, 2.45) is 5.92 Å². The van der Waals surface area contributed by atoms with Crippen LogP contribution in [0.15, 0.2) is 10.5 Å². The lowest BCUT2D eigenvalue weighted by molar-refractivity contribution is 0.0441. The Morgan fingerprint density at radius 2 is 2.28 bits per heavy atom. The van der Waals surface area contributed by atoms with Crippen LogP contribution in [-0.2, 0) is 0 Å². The zero-order chi connectivity index (χ0) is 13.3. The van der Waals surface area contributed by atoms with Crippen molar-refractivity contribution in [3.63, 3.8) is 0 Å². The van der Waals surface area contributed by atoms with Gasteiger partial charge in [-0.3, -0.25) is 4.79 Å². The molecule has 2 unspecified atom stereocenters. The molecule has 100 valence electrons. The molecule has 1 aliphatic heterocycles. The van der Waals surface area contributed by atoms with Crippen LogP contribution in [0.25, 0.3) is 0 Å². The minimum Gasteiger partial charge on any atom is -0.456 e. The fourth-order valence-corrected chi connectivity index (χ4v) is 2.59. The van der Waals surface area contributed by atoms with Gasteiger partial charge in [-0.15, -0.1) is 0 Å². The highest BCUT2D eigenvalue weighted by Gasteiger charge is 2.29. The van der Waals surface area contributed by atoms with Crippen molar-refractivity contribution in [3.8, 4) is 0 Å². The van der Waals surface area contributed by atoms with Crippen molar-refractivity contribution in [1.29, 1.82) is 0 Å². The number of likely N-dealkylation sites (tertiary alicyclic amines) is 1. The Balaban J connectivity index is 2.11. The van der Waals surface area contributed by atoms with E-state index < -0.39 is 0 Å². The van der Waals surface area contributed by atoms with Crippen molar-refractivity contribution < 1.29 is 14.3 Å². The molecule has 2 heterocycles. The summed E-state index contributed by atoms with van der Waals surface area (Å²) in [5, 5.41) is 9.64. The summed E-state index contributed by atoms with van der Waals surface area (Å²) < 4.78 is 5.47. The first-order chi connectivity index (χ1) is 8.49. The molecule has 0 saturated carbocycles. The van der Waals surface area contributed by atoms with Gasteiger partial charge < -0.3 is 14.4 Å². The second-order valence-electron chi connectivity index (χ2n) is 5.26.